The molecule has 1 aliphatic carbocycles. The molecule has 0 bridgehead atoms. The fourth-order valence-corrected chi connectivity index (χ4v) is 5.63. The highest BCUT2D eigenvalue weighted by Gasteiger charge is 2.29. The zero-order valence-electron chi connectivity index (χ0n) is 18.1. The molecule has 0 atom stereocenters. The maximum atomic E-state index is 13.0. The number of nitrogens with zero attached hydrogens (tertiary/aromatic N) is 2. The third-order valence-electron chi connectivity index (χ3n) is 6.13. The van der Waals surface area contributed by atoms with E-state index in [0.717, 1.165) is 12.8 Å². The number of carbonyl (C=O) groups excluding carboxylic acids is 3. The number of aryl methyl sites for hydroxylation is 2. The van der Waals surface area contributed by atoms with Gasteiger partial charge in [0.05, 0.1) is 23.9 Å². The molecule has 31 heavy (non-hydrogen) atoms. The molecule has 2 heterocycles. The van der Waals surface area contributed by atoms with Gasteiger partial charge in [-0.3, -0.25) is 14.4 Å². The van der Waals surface area contributed by atoms with E-state index in [1.54, 1.807) is 18.9 Å². The maximum absolute atomic E-state index is 13.0. The number of hydrogen-bond donors (Lipinski definition) is 0. The number of likely N-dealkylation sites (tertiary alicyclic amines) is 1. The second-order valence-corrected chi connectivity index (χ2v) is 9.24. The predicted molar refractivity (Wildman–Crippen MR) is 120 cm³/mol. The number of thiophene rings is 1. The average molecular weight is 441 g/mol. The van der Waals surface area contributed by atoms with Gasteiger partial charge in [-0.2, -0.15) is 0 Å². The van der Waals surface area contributed by atoms with Crippen LogP contribution in [0.25, 0.3) is 10.4 Å². The Morgan fingerprint density at radius 1 is 1.13 bits per heavy atom. The van der Waals surface area contributed by atoms with Gasteiger partial charge in [0.15, 0.2) is 0 Å². The molecule has 1 aromatic heterocycles. The number of ether oxygens (including phenoxy) is 1. The summed E-state index contributed by atoms with van der Waals surface area (Å²) in [7, 11) is 1.68. The zero-order chi connectivity index (χ0) is 22.0. The van der Waals surface area contributed by atoms with Gasteiger partial charge in [0.1, 0.15) is 0 Å². The van der Waals surface area contributed by atoms with Gasteiger partial charge in [0.2, 0.25) is 5.91 Å². The minimum Gasteiger partial charge on any atom is -0.466 e. The average Bonchev–Trinajstić information content (AvgIpc) is 3.23. The summed E-state index contributed by atoms with van der Waals surface area (Å²) < 4.78 is 5.08. The van der Waals surface area contributed by atoms with Crippen molar-refractivity contribution in [2.75, 3.05) is 33.3 Å². The molecule has 4 rings (SSSR count). The summed E-state index contributed by atoms with van der Waals surface area (Å²) in [5.41, 5.74) is 3.76. The number of benzene rings is 1. The van der Waals surface area contributed by atoms with Crippen LogP contribution in [0.15, 0.2) is 30.3 Å². The van der Waals surface area contributed by atoms with Crippen LogP contribution in [0.2, 0.25) is 0 Å². The van der Waals surface area contributed by atoms with Crippen molar-refractivity contribution in [2.24, 2.45) is 5.92 Å². The molecule has 1 fully saturated rings. The molecule has 2 amide bonds. The van der Waals surface area contributed by atoms with E-state index in [1.807, 2.05) is 12.1 Å². The highest BCUT2D eigenvalue weighted by molar-refractivity contribution is 7.17. The van der Waals surface area contributed by atoms with E-state index < -0.39 is 0 Å². The highest BCUT2D eigenvalue weighted by atomic mass is 32.1. The van der Waals surface area contributed by atoms with Gasteiger partial charge < -0.3 is 14.5 Å². The molecule has 1 aromatic carbocycles. The number of esters is 1. The van der Waals surface area contributed by atoms with Crippen LogP contribution in [0.3, 0.4) is 0 Å². The Balaban J connectivity index is 1.36. The summed E-state index contributed by atoms with van der Waals surface area (Å²) in [5, 5.41) is 0. The van der Waals surface area contributed by atoms with Crippen molar-refractivity contribution in [2.45, 2.75) is 32.6 Å². The Morgan fingerprint density at radius 2 is 1.84 bits per heavy atom. The minimum absolute atomic E-state index is 0.0437. The first kappa shape index (κ1) is 21.6. The second kappa shape index (κ2) is 9.22. The summed E-state index contributed by atoms with van der Waals surface area (Å²) in [5.74, 6) is -0.509. The van der Waals surface area contributed by atoms with E-state index in [4.69, 9.17) is 4.74 Å². The monoisotopic (exact) mass is 440 g/mol. The van der Waals surface area contributed by atoms with Gasteiger partial charge >= 0.3 is 5.97 Å². The Morgan fingerprint density at radius 3 is 2.58 bits per heavy atom. The molecule has 1 aliphatic heterocycles. The third kappa shape index (κ3) is 4.51. The lowest BCUT2D eigenvalue weighted by molar-refractivity contribution is -0.151. The summed E-state index contributed by atoms with van der Waals surface area (Å²) in [6, 6.07) is 10.3. The SMILES string of the molecule is CCOC(=O)C1CCN(C(=O)CN(C)C(=O)c2cc3c(s2)-c2ccccc2CC3)CC1. The van der Waals surface area contributed by atoms with Crippen LogP contribution in [0.5, 0.6) is 0 Å². The summed E-state index contributed by atoms with van der Waals surface area (Å²) >= 11 is 1.52. The molecule has 2 aliphatic rings. The standard InChI is InChI=1S/C24H28N2O4S/c1-3-30-24(29)17-10-12-26(13-11-17)21(27)15-25(2)23(28)20-14-18-9-8-16-6-4-5-7-19(16)22(18)31-20/h4-7,14,17H,3,8-13,15H2,1-2H3. The minimum atomic E-state index is -0.176. The first-order valence-electron chi connectivity index (χ1n) is 10.9. The number of piperidine rings is 1. The molecule has 0 saturated carbocycles. The van der Waals surface area contributed by atoms with Crippen molar-refractivity contribution in [3.05, 3.63) is 46.3 Å². The van der Waals surface area contributed by atoms with E-state index in [-0.39, 0.29) is 30.2 Å². The fourth-order valence-electron chi connectivity index (χ4n) is 4.36. The van der Waals surface area contributed by atoms with Crippen LogP contribution in [0.4, 0.5) is 0 Å². The van der Waals surface area contributed by atoms with Crippen molar-refractivity contribution in [3.8, 4) is 10.4 Å². The number of fused-ring (bicyclic) bond motifs is 3. The number of rotatable bonds is 5. The van der Waals surface area contributed by atoms with E-state index in [0.29, 0.717) is 37.4 Å². The molecule has 164 valence electrons. The summed E-state index contributed by atoms with van der Waals surface area (Å²) in [6.45, 7) is 3.26. The smallest absolute Gasteiger partial charge is 0.309 e. The van der Waals surface area contributed by atoms with E-state index in [9.17, 15) is 14.4 Å². The quantitative estimate of drug-likeness (QED) is 0.669. The molecule has 6 nitrogen and oxygen atoms in total. The summed E-state index contributed by atoms with van der Waals surface area (Å²) in [6.07, 6.45) is 3.15. The lowest BCUT2D eigenvalue weighted by Crippen LogP contribution is -2.45. The molecule has 0 N–H and O–H groups in total. The Bertz CT molecular complexity index is 991. The molecule has 7 heteroatoms. The van der Waals surface area contributed by atoms with Crippen molar-refractivity contribution in [1.29, 1.82) is 0 Å². The van der Waals surface area contributed by atoms with Crippen LogP contribution < -0.4 is 0 Å². The van der Waals surface area contributed by atoms with Crippen molar-refractivity contribution >= 4 is 29.1 Å². The third-order valence-corrected chi connectivity index (χ3v) is 7.33. The van der Waals surface area contributed by atoms with E-state index in [1.165, 1.54) is 37.8 Å². The number of likely N-dealkylation sites (N-methyl/N-ethyl adjacent to an activating group) is 1. The Labute approximate surface area is 186 Å². The van der Waals surface area contributed by atoms with Gasteiger partial charge in [-0.15, -0.1) is 11.3 Å². The number of hydrogen-bond acceptors (Lipinski definition) is 5. The van der Waals surface area contributed by atoms with E-state index in [2.05, 4.69) is 18.2 Å². The molecular weight excluding hydrogens is 412 g/mol. The lowest BCUT2D eigenvalue weighted by atomic mass is 9.91. The molecule has 0 unspecified atom stereocenters. The highest BCUT2D eigenvalue weighted by Crippen LogP contribution is 2.39. The van der Waals surface area contributed by atoms with E-state index >= 15 is 0 Å². The van der Waals surface area contributed by atoms with Gasteiger partial charge in [0, 0.05) is 25.0 Å². The van der Waals surface area contributed by atoms with Gasteiger partial charge in [-0.1, -0.05) is 24.3 Å². The first-order chi connectivity index (χ1) is 15.0. The van der Waals surface area contributed by atoms with Crippen LogP contribution >= 0.6 is 11.3 Å². The largest absolute Gasteiger partial charge is 0.466 e. The maximum Gasteiger partial charge on any atom is 0.309 e. The molecule has 1 saturated heterocycles. The van der Waals surface area contributed by atoms with Crippen molar-refractivity contribution < 1.29 is 19.1 Å². The van der Waals surface area contributed by atoms with Crippen molar-refractivity contribution in [1.82, 2.24) is 9.80 Å². The normalized spacial score (nSPS) is 15.7. The number of carbonyl (C=O) groups is 3. The molecule has 0 radical (unpaired) electrons. The zero-order valence-corrected chi connectivity index (χ0v) is 18.9. The first-order valence-corrected chi connectivity index (χ1v) is 11.7. The Kier molecular flexibility index (Phi) is 6.41. The predicted octanol–water partition coefficient (Wildman–Crippen LogP) is 3.39. The van der Waals surface area contributed by atoms with Crippen LogP contribution in [0.1, 0.15) is 40.6 Å². The van der Waals surface area contributed by atoms with Crippen LogP contribution in [0, 0.1) is 5.92 Å². The van der Waals surface area contributed by atoms with Crippen LogP contribution in [-0.2, 0) is 27.2 Å². The van der Waals surface area contributed by atoms with Crippen molar-refractivity contribution in [3.63, 3.8) is 0 Å². The molecular formula is C24H28N2O4S. The molecule has 0 spiro atoms. The second-order valence-electron chi connectivity index (χ2n) is 8.19. The lowest BCUT2D eigenvalue weighted by Gasteiger charge is -2.32. The van der Waals surface area contributed by atoms with Gasteiger partial charge in [-0.25, -0.2) is 0 Å². The van der Waals surface area contributed by atoms with Crippen LogP contribution in [-0.4, -0.2) is 60.9 Å². The number of amides is 2. The summed E-state index contributed by atoms with van der Waals surface area (Å²) in [4.78, 5) is 42.7. The topological polar surface area (TPSA) is 66.9 Å². The van der Waals surface area contributed by atoms with Gasteiger partial charge in [-0.05, 0) is 55.4 Å². The molecule has 2 aromatic rings. The Hall–Kier alpha value is -2.67. The van der Waals surface area contributed by atoms with Gasteiger partial charge in [0.25, 0.3) is 5.91 Å². The fraction of sp³-hybridized carbons (Fsp3) is 0.458.